The average Bonchev–Trinajstić information content (AvgIpc) is 3.06. The van der Waals surface area contributed by atoms with Crippen LogP contribution in [0.5, 0.6) is 0 Å². The van der Waals surface area contributed by atoms with Gasteiger partial charge in [0.25, 0.3) is 5.91 Å². The van der Waals surface area contributed by atoms with Crippen molar-refractivity contribution >= 4 is 5.91 Å². The summed E-state index contributed by atoms with van der Waals surface area (Å²) in [7, 11) is 1.86. The van der Waals surface area contributed by atoms with E-state index < -0.39 is 0 Å². The molecule has 1 aliphatic rings. The third-order valence-corrected chi connectivity index (χ3v) is 4.94. The Morgan fingerprint density at radius 1 is 1.24 bits per heavy atom. The van der Waals surface area contributed by atoms with Gasteiger partial charge in [0.05, 0.1) is 12.2 Å². The highest BCUT2D eigenvalue weighted by atomic mass is 16.3. The Bertz CT molecular complexity index is 688. The molecule has 0 spiro atoms. The van der Waals surface area contributed by atoms with Crippen molar-refractivity contribution in [2.75, 3.05) is 19.7 Å². The number of aryl methyl sites for hydroxylation is 1. The Hall–Kier alpha value is -2.18. The van der Waals surface area contributed by atoms with Gasteiger partial charge in [-0.05, 0) is 55.6 Å². The molecule has 1 aromatic heterocycles. The van der Waals surface area contributed by atoms with Gasteiger partial charge in [-0.2, -0.15) is 5.10 Å². The van der Waals surface area contributed by atoms with E-state index in [1.807, 2.05) is 37.4 Å². The minimum Gasteiger partial charge on any atom is -0.396 e. The van der Waals surface area contributed by atoms with Crippen molar-refractivity contribution in [1.82, 2.24) is 20.0 Å². The summed E-state index contributed by atoms with van der Waals surface area (Å²) in [5.74, 6) is 0.387. The molecule has 2 N–H and O–H groups in total. The number of carbonyl (C=O) groups excluding carboxylic acids is 1. The monoisotopic (exact) mass is 342 g/mol. The van der Waals surface area contributed by atoms with Crippen LogP contribution in [-0.4, -0.2) is 45.4 Å². The Morgan fingerprint density at radius 2 is 1.96 bits per heavy atom. The van der Waals surface area contributed by atoms with E-state index >= 15 is 0 Å². The molecule has 1 fully saturated rings. The molecule has 2 heterocycles. The van der Waals surface area contributed by atoms with Gasteiger partial charge in [-0.25, -0.2) is 0 Å². The zero-order valence-electron chi connectivity index (χ0n) is 14.7. The van der Waals surface area contributed by atoms with Crippen LogP contribution in [0.25, 0.3) is 0 Å². The van der Waals surface area contributed by atoms with Gasteiger partial charge in [0, 0.05) is 32.0 Å². The number of piperidine rings is 1. The van der Waals surface area contributed by atoms with Gasteiger partial charge < -0.3 is 10.4 Å². The van der Waals surface area contributed by atoms with Crippen molar-refractivity contribution in [1.29, 1.82) is 0 Å². The predicted octanol–water partition coefficient (Wildman–Crippen LogP) is 1.55. The maximum Gasteiger partial charge on any atom is 0.251 e. The zero-order valence-corrected chi connectivity index (χ0v) is 14.7. The molecule has 134 valence electrons. The molecular formula is C19H26N4O2. The number of hydrogen-bond acceptors (Lipinski definition) is 4. The topological polar surface area (TPSA) is 70.4 Å². The lowest BCUT2D eigenvalue weighted by atomic mass is 9.97. The summed E-state index contributed by atoms with van der Waals surface area (Å²) in [4.78, 5) is 14.7. The lowest BCUT2D eigenvalue weighted by Gasteiger charge is -2.31. The van der Waals surface area contributed by atoms with Crippen molar-refractivity contribution < 1.29 is 9.90 Å². The van der Waals surface area contributed by atoms with Gasteiger partial charge in [0.15, 0.2) is 0 Å². The first-order valence-corrected chi connectivity index (χ1v) is 8.83. The fourth-order valence-electron chi connectivity index (χ4n) is 3.19. The minimum atomic E-state index is -0.0727. The lowest BCUT2D eigenvalue weighted by Crippen LogP contribution is -2.34. The van der Waals surface area contributed by atoms with E-state index in [1.54, 1.807) is 10.9 Å². The number of aliphatic hydroxyl groups is 1. The molecule has 0 radical (unpaired) electrons. The van der Waals surface area contributed by atoms with Crippen LogP contribution in [-0.2, 0) is 20.1 Å². The Kier molecular flexibility index (Phi) is 5.83. The summed E-state index contributed by atoms with van der Waals surface area (Å²) >= 11 is 0. The smallest absolute Gasteiger partial charge is 0.251 e. The number of rotatable bonds is 6. The van der Waals surface area contributed by atoms with Gasteiger partial charge in [-0.15, -0.1) is 0 Å². The van der Waals surface area contributed by atoms with E-state index in [0.29, 0.717) is 24.6 Å². The average molecular weight is 342 g/mol. The number of nitrogens with zero attached hydrogens (tertiary/aromatic N) is 3. The Balaban J connectivity index is 1.50. The maximum absolute atomic E-state index is 12.2. The molecule has 1 amide bonds. The first kappa shape index (κ1) is 17.6. The number of hydrogen-bond donors (Lipinski definition) is 2. The van der Waals surface area contributed by atoms with E-state index in [-0.39, 0.29) is 5.91 Å². The lowest BCUT2D eigenvalue weighted by molar-refractivity contribution is 0.0950. The third-order valence-electron chi connectivity index (χ3n) is 4.94. The van der Waals surface area contributed by atoms with Gasteiger partial charge in [-0.1, -0.05) is 12.1 Å². The quantitative estimate of drug-likeness (QED) is 0.836. The second-order valence-corrected chi connectivity index (χ2v) is 6.73. The third kappa shape index (κ3) is 4.67. The second kappa shape index (κ2) is 8.27. The number of aromatic nitrogens is 2. The van der Waals surface area contributed by atoms with E-state index in [1.165, 1.54) is 5.56 Å². The number of aliphatic hydroxyl groups excluding tert-OH is 1. The Labute approximate surface area is 148 Å². The number of likely N-dealkylation sites (tertiary alicyclic amines) is 1. The number of carbonyl (C=O) groups is 1. The van der Waals surface area contributed by atoms with Crippen LogP contribution in [0.2, 0.25) is 0 Å². The molecule has 1 aromatic carbocycles. The second-order valence-electron chi connectivity index (χ2n) is 6.73. The largest absolute Gasteiger partial charge is 0.396 e. The maximum atomic E-state index is 12.2. The molecule has 0 atom stereocenters. The van der Waals surface area contributed by atoms with E-state index in [9.17, 15) is 9.90 Å². The molecule has 6 heteroatoms. The molecule has 0 unspecified atom stereocenters. The summed E-state index contributed by atoms with van der Waals surface area (Å²) in [5.41, 5.74) is 2.85. The number of nitrogens with one attached hydrogen (secondary N) is 1. The van der Waals surface area contributed by atoms with Crippen LogP contribution in [0.15, 0.2) is 36.5 Å². The van der Waals surface area contributed by atoms with Gasteiger partial charge >= 0.3 is 0 Å². The van der Waals surface area contributed by atoms with Crippen LogP contribution in [0.3, 0.4) is 0 Å². The SMILES string of the molecule is Cn1nccc1CNC(=O)c1ccc(CN2CCC(CO)CC2)cc1. The van der Waals surface area contributed by atoms with Gasteiger partial charge in [0.1, 0.15) is 0 Å². The van der Waals surface area contributed by atoms with Gasteiger partial charge in [0.2, 0.25) is 0 Å². The molecule has 3 rings (SSSR count). The van der Waals surface area contributed by atoms with Gasteiger partial charge in [-0.3, -0.25) is 14.4 Å². The van der Waals surface area contributed by atoms with Crippen LogP contribution >= 0.6 is 0 Å². The van der Waals surface area contributed by atoms with Crippen LogP contribution in [0.1, 0.15) is 34.5 Å². The van der Waals surface area contributed by atoms with Crippen molar-refractivity contribution in [3.05, 3.63) is 53.3 Å². The Morgan fingerprint density at radius 3 is 2.56 bits per heavy atom. The van der Waals surface area contributed by atoms with Crippen molar-refractivity contribution in [2.24, 2.45) is 13.0 Å². The highest BCUT2D eigenvalue weighted by Gasteiger charge is 2.18. The standard InChI is InChI=1S/C19H26N4O2/c1-22-18(6-9-21-22)12-20-19(25)17-4-2-15(3-5-17)13-23-10-7-16(14-24)8-11-23/h2-6,9,16,24H,7-8,10-14H2,1H3,(H,20,25). The first-order valence-electron chi connectivity index (χ1n) is 8.83. The predicted molar refractivity (Wildman–Crippen MR) is 95.9 cm³/mol. The molecule has 0 aliphatic carbocycles. The fourth-order valence-corrected chi connectivity index (χ4v) is 3.19. The van der Waals surface area contributed by atoms with Crippen LogP contribution < -0.4 is 5.32 Å². The molecule has 0 bridgehead atoms. The molecule has 6 nitrogen and oxygen atoms in total. The molecule has 0 saturated carbocycles. The summed E-state index contributed by atoms with van der Waals surface area (Å²) in [6, 6.07) is 9.71. The van der Waals surface area contributed by atoms with Crippen molar-refractivity contribution in [3.8, 4) is 0 Å². The van der Waals surface area contributed by atoms with E-state index in [2.05, 4.69) is 15.3 Å². The van der Waals surface area contributed by atoms with Crippen LogP contribution in [0.4, 0.5) is 0 Å². The highest BCUT2D eigenvalue weighted by molar-refractivity contribution is 5.94. The molecular weight excluding hydrogens is 316 g/mol. The molecule has 1 aliphatic heterocycles. The summed E-state index contributed by atoms with van der Waals surface area (Å²) in [6.07, 6.45) is 3.84. The number of amides is 1. The minimum absolute atomic E-state index is 0.0727. The summed E-state index contributed by atoms with van der Waals surface area (Å²) in [6.45, 7) is 3.72. The summed E-state index contributed by atoms with van der Waals surface area (Å²) in [5, 5.41) is 16.2. The fraction of sp³-hybridized carbons (Fsp3) is 0.474. The first-order chi connectivity index (χ1) is 12.2. The summed E-state index contributed by atoms with van der Waals surface area (Å²) < 4.78 is 1.75. The molecule has 25 heavy (non-hydrogen) atoms. The molecule has 1 saturated heterocycles. The van der Waals surface area contributed by atoms with Crippen molar-refractivity contribution in [2.45, 2.75) is 25.9 Å². The van der Waals surface area contributed by atoms with Crippen LogP contribution in [0, 0.1) is 5.92 Å². The highest BCUT2D eigenvalue weighted by Crippen LogP contribution is 2.18. The molecule has 2 aromatic rings. The van der Waals surface area contributed by atoms with Crippen molar-refractivity contribution in [3.63, 3.8) is 0 Å². The van der Waals surface area contributed by atoms with E-state index in [0.717, 1.165) is 38.2 Å². The zero-order chi connectivity index (χ0) is 17.6. The number of benzene rings is 1. The normalized spacial score (nSPS) is 16.1. The van der Waals surface area contributed by atoms with E-state index in [4.69, 9.17) is 0 Å².